The summed E-state index contributed by atoms with van der Waals surface area (Å²) in [7, 11) is 1.37. The normalized spacial score (nSPS) is 43.0. The molecule has 2 saturated carbocycles. The zero-order valence-corrected chi connectivity index (χ0v) is 11.7. The van der Waals surface area contributed by atoms with Crippen LogP contribution in [0.4, 0.5) is 0 Å². The monoisotopic (exact) mass is 280 g/mol. The molecule has 0 aromatic rings. The van der Waals surface area contributed by atoms with Gasteiger partial charge in [-0.05, 0) is 19.3 Å². The Bertz CT molecular complexity index is 459. The van der Waals surface area contributed by atoms with Crippen LogP contribution in [-0.2, 0) is 23.8 Å². The van der Waals surface area contributed by atoms with Crippen LogP contribution in [0.3, 0.4) is 0 Å². The first-order chi connectivity index (χ1) is 9.58. The van der Waals surface area contributed by atoms with Gasteiger partial charge in [-0.2, -0.15) is 0 Å². The molecule has 5 heteroatoms. The van der Waals surface area contributed by atoms with Crippen molar-refractivity contribution in [3.05, 3.63) is 12.7 Å². The molecule has 5 nitrogen and oxygen atoms in total. The van der Waals surface area contributed by atoms with Gasteiger partial charge in [0, 0.05) is 18.3 Å². The Balaban J connectivity index is 1.95. The van der Waals surface area contributed by atoms with E-state index in [4.69, 9.17) is 14.2 Å². The van der Waals surface area contributed by atoms with Crippen molar-refractivity contribution in [2.24, 2.45) is 17.3 Å². The maximum Gasteiger partial charge on any atom is 0.312 e. The summed E-state index contributed by atoms with van der Waals surface area (Å²) in [5.41, 5.74) is -1.34. The fraction of sp³-hybridized carbons (Fsp3) is 0.733. The fourth-order valence-electron chi connectivity index (χ4n) is 4.21. The van der Waals surface area contributed by atoms with Crippen LogP contribution < -0.4 is 0 Å². The third kappa shape index (κ3) is 1.69. The van der Waals surface area contributed by atoms with E-state index in [0.29, 0.717) is 19.4 Å². The number of ketones is 1. The minimum absolute atomic E-state index is 0.0843. The highest BCUT2D eigenvalue weighted by Crippen LogP contribution is 2.60. The van der Waals surface area contributed by atoms with E-state index in [1.54, 1.807) is 6.08 Å². The van der Waals surface area contributed by atoms with Gasteiger partial charge in [0.2, 0.25) is 0 Å². The van der Waals surface area contributed by atoms with Crippen LogP contribution in [0.15, 0.2) is 12.7 Å². The molecule has 0 radical (unpaired) electrons. The van der Waals surface area contributed by atoms with E-state index in [0.717, 1.165) is 6.42 Å². The Labute approximate surface area is 118 Å². The van der Waals surface area contributed by atoms with Gasteiger partial charge in [-0.3, -0.25) is 9.59 Å². The molecular formula is C15H20O5. The van der Waals surface area contributed by atoms with E-state index in [2.05, 4.69) is 6.58 Å². The SMILES string of the molecule is C=CC[C@@]1(C(=O)OC)CC(=O)[C@@H]2C[C@H]3COCO[C@]32C1. The lowest BCUT2D eigenvalue weighted by Crippen LogP contribution is -2.69. The lowest BCUT2D eigenvalue weighted by Gasteiger charge is -2.61. The Morgan fingerprint density at radius 2 is 2.40 bits per heavy atom. The zero-order chi connectivity index (χ0) is 14.4. The van der Waals surface area contributed by atoms with Gasteiger partial charge in [0.15, 0.2) is 0 Å². The molecule has 0 aromatic carbocycles. The smallest absolute Gasteiger partial charge is 0.312 e. The summed E-state index contributed by atoms with van der Waals surface area (Å²) in [4.78, 5) is 24.7. The molecule has 4 atom stereocenters. The molecule has 0 N–H and O–H groups in total. The number of allylic oxidation sites excluding steroid dienone is 1. The molecule has 20 heavy (non-hydrogen) atoms. The largest absolute Gasteiger partial charge is 0.469 e. The van der Waals surface area contributed by atoms with Crippen molar-refractivity contribution < 1.29 is 23.8 Å². The maximum atomic E-state index is 12.5. The van der Waals surface area contributed by atoms with Gasteiger partial charge in [-0.15, -0.1) is 6.58 Å². The standard InChI is InChI=1S/C15H20O5/c1-3-4-14(13(17)18-2)6-12(16)11-5-10-7-19-9-20-15(10,11)8-14/h3,10-11H,1,4-9H2,2H3/t10-,11-,14+,15+/m0/s1. The van der Waals surface area contributed by atoms with Gasteiger partial charge in [0.25, 0.3) is 0 Å². The number of carbonyl (C=O) groups excluding carboxylic acids is 2. The Hall–Kier alpha value is -1.20. The number of esters is 1. The number of rotatable bonds is 3. The maximum absolute atomic E-state index is 12.5. The molecule has 1 heterocycles. The second-order valence-corrected chi connectivity index (χ2v) is 6.16. The molecule has 0 amide bonds. The van der Waals surface area contributed by atoms with Crippen molar-refractivity contribution in [3.8, 4) is 0 Å². The van der Waals surface area contributed by atoms with Gasteiger partial charge in [-0.25, -0.2) is 0 Å². The summed E-state index contributed by atoms with van der Waals surface area (Å²) in [5.74, 6) is -0.0979. The van der Waals surface area contributed by atoms with Gasteiger partial charge in [0.1, 0.15) is 12.6 Å². The fourth-order valence-corrected chi connectivity index (χ4v) is 4.21. The Kier molecular flexibility index (Phi) is 3.21. The molecule has 0 unspecified atom stereocenters. The molecule has 2 aliphatic carbocycles. The van der Waals surface area contributed by atoms with Crippen molar-refractivity contribution in [2.75, 3.05) is 20.5 Å². The minimum Gasteiger partial charge on any atom is -0.469 e. The van der Waals surface area contributed by atoms with Crippen LogP contribution in [0.25, 0.3) is 0 Å². The topological polar surface area (TPSA) is 61.8 Å². The Morgan fingerprint density at radius 3 is 3.05 bits per heavy atom. The van der Waals surface area contributed by atoms with Crippen molar-refractivity contribution in [1.82, 2.24) is 0 Å². The van der Waals surface area contributed by atoms with Crippen LogP contribution in [-0.4, -0.2) is 37.9 Å². The van der Waals surface area contributed by atoms with Crippen molar-refractivity contribution in [2.45, 2.75) is 31.3 Å². The lowest BCUT2D eigenvalue weighted by atomic mass is 9.48. The van der Waals surface area contributed by atoms with E-state index < -0.39 is 11.0 Å². The molecule has 3 aliphatic rings. The van der Waals surface area contributed by atoms with Crippen molar-refractivity contribution in [3.63, 3.8) is 0 Å². The molecule has 3 fully saturated rings. The van der Waals surface area contributed by atoms with Crippen LogP contribution in [0.5, 0.6) is 0 Å². The highest BCUT2D eigenvalue weighted by molar-refractivity contribution is 5.92. The van der Waals surface area contributed by atoms with Gasteiger partial charge < -0.3 is 14.2 Å². The summed E-state index contributed by atoms with van der Waals surface area (Å²) in [6.45, 7) is 4.53. The van der Waals surface area contributed by atoms with Crippen LogP contribution in [0, 0.1) is 17.3 Å². The number of carbonyl (C=O) groups is 2. The van der Waals surface area contributed by atoms with Crippen LogP contribution >= 0.6 is 0 Å². The number of hydrogen-bond donors (Lipinski definition) is 0. The Morgan fingerprint density at radius 1 is 1.60 bits per heavy atom. The van der Waals surface area contributed by atoms with Gasteiger partial charge >= 0.3 is 5.97 Å². The van der Waals surface area contributed by atoms with Gasteiger partial charge in [0.05, 0.1) is 24.7 Å². The number of ether oxygens (including phenoxy) is 3. The predicted octanol–water partition coefficient (Wildman–Crippen LogP) is 1.46. The molecule has 110 valence electrons. The summed E-state index contributed by atoms with van der Waals surface area (Å²) in [6.07, 6.45) is 3.70. The van der Waals surface area contributed by atoms with Gasteiger partial charge in [-0.1, -0.05) is 6.08 Å². The van der Waals surface area contributed by atoms with E-state index in [-0.39, 0.29) is 36.8 Å². The second kappa shape index (κ2) is 4.67. The summed E-state index contributed by atoms with van der Waals surface area (Å²) in [6, 6.07) is 0. The average Bonchev–Trinajstić information content (AvgIpc) is 2.40. The van der Waals surface area contributed by atoms with Crippen molar-refractivity contribution in [1.29, 1.82) is 0 Å². The first-order valence-electron chi connectivity index (χ1n) is 7.02. The zero-order valence-electron chi connectivity index (χ0n) is 11.7. The summed E-state index contributed by atoms with van der Waals surface area (Å²) < 4.78 is 16.1. The predicted molar refractivity (Wildman–Crippen MR) is 69.7 cm³/mol. The third-order valence-electron chi connectivity index (χ3n) is 5.20. The number of hydrogen-bond acceptors (Lipinski definition) is 5. The molecule has 1 saturated heterocycles. The third-order valence-corrected chi connectivity index (χ3v) is 5.20. The average molecular weight is 280 g/mol. The van der Waals surface area contributed by atoms with E-state index in [1.807, 2.05) is 0 Å². The highest BCUT2D eigenvalue weighted by Gasteiger charge is 2.67. The minimum atomic E-state index is -0.819. The second-order valence-electron chi connectivity index (χ2n) is 6.16. The number of Topliss-reactive ketones (excluding diaryl/α,β-unsaturated/α-hetero) is 1. The van der Waals surface area contributed by atoms with E-state index in [1.165, 1.54) is 7.11 Å². The van der Waals surface area contributed by atoms with Crippen LogP contribution in [0.1, 0.15) is 25.7 Å². The first-order valence-corrected chi connectivity index (χ1v) is 7.02. The molecule has 1 spiro atoms. The highest BCUT2D eigenvalue weighted by atomic mass is 16.7. The summed E-state index contributed by atoms with van der Waals surface area (Å²) >= 11 is 0. The molecule has 0 aromatic heterocycles. The van der Waals surface area contributed by atoms with Crippen molar-refractivity contribution >= 4 is 11.8 Å². The van der Waals surface area contributed by atoms with Crippen LogP contribution in [0.2, 0.25) is 0 Å². The summed E-state index contributed by atoms with van der Waals surface area (Å²) in [5, 5.41) is 0. The van der Waals surface area contributed by atoms with E-state index in [9.17, 15) is 9.59 Å². The molecule has 3 rings (SSSR count). The molecular weight excluding hydrogens is 260 g/mol. The lowest BCUT2D eigenvalue weighted by molar-refractivity contribution is -0.304. The number of methoxy groups -OCH3 is 1. The molecule has 1 aliphatic heterocycles. The molecule has 0 bridgehead atoms. The van der Waals surface area contributed by atoms with E-state index >= 15 is 0 Å². The quantitative estimate of drug-likeness (QED) is 0.578. The first kappa shape index (κ1) is 13.8.